The Morgan fingerprint density at radius 1 is 0.306 bits per heavy atom. The van der Waals surface area contributed by atoms with Gasteiger partial charge in [-0.15, -0.1) is 0 Å². The Labute approximate surface area is 311 Å². The summed E-state index contributed by atoms with van der Waals surface area (Å²) >= 11 is 0. The maximum absolute atomic E-state index is 4.18. The lowest BCUT2D eigenvalue weighted by Gasteiger charge is -2.18. The second kappa shape index (κ2) is 37.0. The van der Waals surface area contributed by atoms with Crippen LogP contribution in [0.1, 0.15) is 268 Å². The molecule has 0 spiro atoms. The van der Waals surface area contributed by atoms with Crippen LogP contribution in [0.4, 0.5) is 0 Å². The Bertz CT molecular complexity index is 742. The van der Waals surface area contributed by atoms with Gasteiger partial charge in [-0.3, -0.25) is 0 Å². The zero-order chi connectivity index (χ0) is 35.3. The highest BCUT2D eigenvalue weighted by Gasteiger charge is 2.12. The van der Waals surface area contributed by atoms with E-state index in [9.17, 15) is 0 Å². The number of unbranched alkanes of at least 4 members (excludes halogenated alkanes) is 31. The molecule has 1 radical (unpaired) electrons. The highest BCUT2D eigenvalue weighted by molar-refractivity contribution is 5.40. The van der Waals surface area contributed by atoms with E-state index in [0.717, 1.165) is 6.42 Å². The minimum atomic E-state index is 1.06. The van der Waals surface area contributed by atoms with Crippen LogP contribution in [-0.2, 0) is 25.7 Å². The molecule has 0 saturated carbocycles. The smallest absolute Gasteiger partial charge is 0.0273 e. The van der Waals surface area contributed by atoms with Gasteiger partial charge in [0.05, 0.1) is 0 Å². The standard InChI is InChI=1S/C49H91/c1-5-9-13-16-19-22-25-28-31-34-37-41-47-44-46(40-12-8-4)45-48(42-38-35-32-29-26-23-20-17-14-10-6-2)49(47)43-39-36-33-30-27-24-21-18-15-11-7-3/h44-45H,4-43H2,1-3H3. The van der Waals surface area contributed by atoms with Gasteiger partial charge in [-0.25, -0.2) is 0 Å². The van der Waals surface area contributed by atoms with E-state index in [2.05, 4.69) is 39.8 Å². The highest BCUT2D eigenvalue weighted by Crippen LogP contribution is 2.27. The third-order valence-corrected chi connectivity index (χ3v) is 11.3. The molecule has 0 heterocycles. The average molecular weight is 680 g/mol. The number of aryl methyl sites for hydroxylation is 3. The summed E-state index contributed by atoms with van der Waals surface area (Å²) in [5.41, 5.74) is 6.88. The number of rotatable bonds is 39. The summed E-state index contributed by atoms with van der Waals surface area (Å²) in [6.45, 7) is 11.1. The van der Waals surface area contributed by atoms with E-state index in [0.29, 0.717) is 0 Å². The van der Waals surface area contributed by atoms with Crippen molar-refractivity contribution in [3.05, 3.63) is 41.3 Å². The first kappa shape index (κ1) is 46.2. The molecular weight excluding hydrogens is 589 g/mol. The number of hydrogen-bond donors (Lipinski definition) is 0. The molecule has 0 unspecified atom stereocenters. The van der Waals surface area contributed by atoms with Crippen LogP contribution < -0.4 is 0 Å². The molecule has 0 aliphatic heterocycles. The van der Waals surface area contributed by atoms with Crippen LogP contribution in [0.3, 0.4) is 0 Å². The Morgan fingerprint density at radius 2 is 0.571 bits per heavy atom. The SMILES string of the molecule is [CH2]CCCc1cc(CCCCCCCCCCCCC)c(CCCCCCCCCCCCC)c(CCCCCCCCCCCCC)c1. The summed E-state index contributed by atoms with van der Waals surface area (Å²) in [5, 5.41) is 0. The van der Waals surface area contributed by atoms with Crippen molar-refractivity contribution in [3.63, 3.8) is 0 Å². The van der Waals surface area contributed by atoms with Crippen molar-refractivity contribution >= 4 is 0 Å². The summed E-state index contributed by atoms with van der Waals surface area (Å²) in [7, 11) is 0. The molecule has 1 aromatic rings. The normalized spacial score (nSPS) is 11.6. The zero-order valence-electron chi connectivity index (χ0n) is 34.4. The van der Waals surface area contributed by atoms with E-state index < -0.39 is 0 Å². The lowest BCUT2D eigenvalue weighted by Crippen LogP contribution is -2.05. The minimum absolute atomic E-state index is 1.06. The Hall–Kier alpha value is -0.780. The first-order valence-corrected chi connectivity index (χ1v) is 23.2. The van der Waals surface area contributed by atoms with Gasteiger partial charge >= 0.3 is 0 Å². The first-order chi connectivity index (χ1) is 24.3. The molecule has 1 rings (SSSR count). The lowest BCUT2D eigenvalue weighted by molar-refractivity contribution is 0.545. The summed E-state index contributed by atoms with van der Waals surface area (Å²) < 4.78 is 0. The van der Waals surface area contributed by atoms with Crippen LogP contribution in [-0.4, -0.2) is 0 Å². The lowest BCUT2D eigenvalue weighted by atomic mass is 9.87. The van der Waals surface area contributed by atoms with Gasteiger partial charge in [0.15, 0.2) is 0 Å². The fourth-order valence-corrected chi connectivity index (χ4v) is 8.04. The molecule has 49 heavy (non-hydrogen) atoms. The van der Waals surface area contributed by atoms with Gasteiger partial charge in [0.2, 0.25) is 0 Å². The Kier molecular flexibility index (Phi) is 34.9. The molecule has 0 amide bonds. The van der Waals surface area contributed by atoms with Crippen LogP contribution in [0.25, 0.3) is 0 Å². The average Bonchev–Trinajstić information content (AvgIpc) is 3.11. The molecule has 0 fully saturated rings. The van der Waals surface area contributed by atoms with Crippen molar-refractivity contribution in [2.75, 3.05) is 0 Å². The molecule has 1 aromatic carbocycles. The van der Waals surface area contributed by atoms with Crippen molar-refractivity contribution < 1.29 is 0 Å². The van der Waals surface area contributed by atoms with Crippen molar-refractivity contribution in [1.29, 1.82) is 0 Å². The maximum Gasteiger partial charge on any atom is -0.0273 e. The molecule has 0 N–H and O–H groups in total. The summed E-state index contributed by atoms with van der Waals surface area (Å²) in [6.07, 6.45) is 54.8. The van der Waals surface area contributed by atoms with Gasteiger partial charge in [-0.1, -0.05) is 239 Å². The van der Waals surface area contributed by atoms with Gasteiger partial charge < -0.3 is 0 Å². The van der Waals surface area contributed by atoms with Gasteiger partial charge in [0, 0.05) is 0 Å². The fraction of sp³-hybridized carbons (Fsp3) is 0.857. The maximum atomic E-state index is 4.18. The zero-order valence-corrected chi connectivity index (χ0v) is 34.4. The predicted molar refractivity (Wildman–Crippen MR) is 225 cm³/mol. The van der Waals surface area contributed by atoms with Gasteiger partial charge in [-0.2, -0.15) is 0 Å². The van der Waals surface area contributed by atoms with E-state index in [1.165, 1.54) is 244 Å². The molecule has 0 aromatic heterocycles. The van der Waals surface area contributed by atoms with Crippen LogP contribution >= 0.6 is 0 Å². The quantitative estimate of drug-likeness (QED) is 0.0608. The molecule has 287 valence electrons. The van der Waals surface area contributed by atoms with Gasteiger partial charge in [-0.05, 0) is 73.6 Å². The summed E-state index contributed by atoms with van der Waals surface area (Å²) in [4.78, 5) is 0. The van der Waals surface area contributed by atoms with E-state index in [1.54, 1.807) is 22.3 Å². The number of hydrogen-bond acceptors (Lipinski definition) is 0. The molecule has 0 heteroatoms. The van der Waals surface area contributed by atoms with Crippen LogP contribution in [0.5, 0.6) is 0 Å². The molecule has 0 nitrogen and oxygen atoms in total. The fourth-order valence-electron chi connectivity index (χ4n) is 8.04. The first-order valence-electron chi connectivity index (χ1n) is 23.2. The third-order valence-electron chi connectivity index (χ3n) is 11.3. The van der Waals surface area contributed by atoms with E-state index in [-0.39, 0.29) is 0 Å². The van der Waals surface area contributed by atoms with E-state index >= 15 is 0 Å². The van der Waals surface area contributed by atoms with Crippen LogP contribution in [0.15, 0.2) is 12.1 Å². The largest absolute Gasteiger partial charge is 0.0654 e. The van der Waals surface area contributed by atoms with Crippen molar-refractivity contribution in [2.24, 2.45) is 0 Å². The highest BCUT2D eigenvalue weighted by atomic mass is 14.2. The second-order valence-electron chi connectivity index (χ2n) is 16.2. The van der Waals surface area contributed by atoms with Gasteiger partial charge in [0.25, 0.3) is 0 Å². The van der Waals surface area contributed by atoms with E-state index in [4.69, 9.17) is 0 Å². The molecule has 0 saturated heterocycles. The van der Waals surface area contributed by atoms with Crippen molar-refractivity contribution in [3.8, 4) is 0 Å². The predicted octanol–water partition coefficient (Wildman–Crippen LogP) is 17.4. The minimum Gasteiger partial charge on any atom is -0.0654 e. The third kappa shape index (κ3) is 28.5. The Balaban J connectivity index is 2.64. The Morgan fingerprint density at radius 3 is 0.857 bits per heavy atom. The van der Waals surface area contributed by atoms with Crippen LogP contribution in [0.2, 0.25) is 0 Å². The van der Waals surface area contributed by atoms with Crippen molar-refractivity contribution in [2.45, 2.75) is 271 Å². The van der Waals surface area contributed by atoms with Gasteiger partial charge in [0.1, 0.15) is 0 Å². The number of benzene rings is 1. The molecular formula is C49H91. The van der Waals surface area contributed by atoms with Crippen molar-refractivity contribution in [1.82, 2.24) is 0 Å². The molecule has 0 bridgehead atoms. The molecule has 0 atom stereocenters. The van der Waals surface area contributed by atoms with Crippen LogP contribution in [0, 0.1) is 6.92 Å². The topological polar surface area (TPSA) is 0 Å². The second-order valence-corrected chi connectivity index (χ2v) is 16.2. The summed E-state index contributed by atoms with van der Waals surface area (Å²) in [6, 6.07) is 5.31. The molecule has 0 aliphatic carbocycles. The monoisotopic (exact) mass is 680 g/mol. The molecule has 0 aliphatic rings. The summed E-state index contributed by atoms with van der Waals surface area (Å²) in [5.74, 6) is 0. The van der Waals surface area contributed by atoms with E-state index in [1.807, 2.05) is 0 Å².